The maximum atomic E-state index is 11.2. The quantitative estimate of drug-likeness (QED) is 0.676. The molecule has 7 heteroatoms. The number of allylic oxidation sites excluding steroid dienone is 5. The van der Waals surface area contributed by atoms with Crippen molar-refractivity contribution in [2.24, 2.45) is 0 Å². The predicted molar refractivity (Wildman–Crippen MR) is 122 cm³/mol. The van der Waals surface area contributed by atoms with Crippen LogP contribution in [-0.2, 0) is 9.53 Å². The van der Waals surface area contributed by atoms with Gasteiger partial charge >= 0.3 is 5.97 Å². The molecule has 3 rings (SSSR count). The first-order valence-corrected chi connectivity index (χ1v) is 10.2. The largest absolute Gasteiger partial charge is 0.493 e. The minimum atomic E-state index is -0.897. The molecule has 0 saturated heterocycles. The van der Waals surface area contributed by atoms with E-state index in [0.717, 1.165) is 21.6 Å². The predicted octanol–water partition coefficient (Wildman–Crippen LogP) is 5.47. The summed E-state index contributed by atoms with van der Waals surface area (Å²) in [5.41, 5.74) is 3.21. The maximum absolute atomic E-state index is 11.2. The van der Waals surface area contributed by atoms with E-state index in [2.05, 4.69) is 9.11 Å². The lowest BCUT2D eigenvalue weighted by atomic mass is 10.0. The van der Waals surface area contributed by atoms with E-state index in [1.54, 1.807) is 40.7 Å². The number of nitrogens with zero attached hydrogens (tertiary/aromatic N) is 1. The van der Waals surface area contributed by atoms with E-state index in [1.165, 1.54) is 11.5 Å². The molecule has 0 bridgehead atoms. The van der Waals surface area contributed by atoms with Gasteiger partial charge in [-0.05, 0) is 47.3 Å². The molecule has 1 heterocycles. The molecule has 1 aliphatic rings. The number of carboxylic acids is 1. The first-order valence-electron chi connectivity index (χ1n) is 9.44. The highest BCUT2D eigenvalue weighted by atomic mass is 32.1. The number of carboxylic acid groups (broad SMARTS) is 1. The third kappa shape index (κ3) is 6.57. The van der Waals surface area contributed by atoms with E-state index in [0.29, 0.717) is 23.5 Å². The van der Waals surface area contributed by atoms with Gasteiger partial charge in [0.25, 0.3) is 0 Å². The summed E-state index contributed by atoms with van der Waals surface area (Å²) < 4.78 is 19.2. The SMILES string of the molecule is CC.COC.COc1ccc(-c2sncc2C2=CC=C(C(=O)O)CC=C2)cc1OC. The highest BCUT2D eigenvalue weighted by Gasteiger charge is 2.15. The van der Waals surface area contributed by atoms with Crippen molar-refractivity contribution < 1.29 is 24.1 Å². The molecule has 0 unspecified atom stereocenters. The molecule has 0 spiro atoms. The van der Waals surface area contributed by atoms with Gasteiger partial charge in [-0.15, -0.1) is 0 Å². The van der Waals surface area contributed by atoms with Crippen molar-refractivity contribution in [2.75, 3.05) is 28.4 Å². The second kappa shape index (κ2) is 13.3. The number of carbonyl (C=O) groups is 1. The topological polar surface area (TPSA) is 77.9 Å². The fraction of sp³-hybridized carbons (Fsp3) is 0.304. The normalized spacial score (nSPS) is 12.2. The number of rotatable bonds is 5. The Kier molecular flexibility index (Phi) is 11.2. The Bertz CT molecular complexity index is 912. The second-order valence-electron chi connectivity index (χ2n) is 5.77. The second-order valence-corrected chi connectivity index (χ2v) is 6.57. The van der Waals surface area contributed by atoms with Crippen LogP contribution in [0.1, 0.15) is 25.8 Å². The summed E-state index contributed by atoms with van der Waals surface area (Å²) in [6.07, 6.45) is 9.45. The summed E-state index contributed by atoms with van der Waals surface area (Å²) in [5, 5.41) is 9.15. The van der Waals surface area contributed by atoms with E-state index in [-0.39, 0.29) is 0 Å². The Morgan fingerprint density at radius 1 is 1.07 bits per heavy atom. The molecule has 1 aromatic heterocycles. The number of hydrogen-bond donors (Lipinski definition) is 1. The Morgan fingerprint density at radius 3 is 2.33 bits per heavy atom. The number of methoxy groups -OCH3 is 3. The van der Waals surface area contributed by atoms with E-state index >= 15 is 0 Å². The van der Waals surface area contributed by atoms with Gasteiger partial charge in [0.15, 0.2) is 11.5 Å². The minimum absolute atomic E-state index is 0.363. The lowest BCUT2D eigenvalue weighted by Crippen LogP contribution is -1.98. The molecular weight excluding hydrogens is 402 g/mol. The first kappa shape index (κ1) is 25.1. The molecule has 0 radical (unpaired) electrons. The Balaban J connectivity index is 0.000000826. The average Bonchev–Trinajstić information content (AvgIpc) is 3.12. The van der Waals surface area contributed by atoms with Crippen molar-refractivity contribution in [3.05, 3.63) is 59.8 Å². The summed E-state index contributed by atoms with van der Waals surface area (Å²) in [6, 6.07) is 5.73. The lowest BCUT2D eigenvalue weighted by molar-refractivity contribution is -0.132. The Hall–Kier alpha value is -2.90. The number of benzene rings is 1. The molecule has 0 fully saturated rings. The molecule has 1 aliphatic carbocycles. The lowest BCUT2D eigenvalue weighted by Gasteiger charge is -2.10. The van der Waals surface area contributed by atoms with Gasteiger partial charge in [-0.2, -0.15) is 4.37 Å². The first-order chi connectivity index (χ1) is 14.5. The van der Waals surface area contributed by atoms with Gasteiger partial charge < -0.3 is 19.3 Å². The summed E-state index contributed by atoms with van der Waals surface area (Å²) >= 11 is 1.38. The van der Waals surface area contributed by atoms with Crippen molar-refractivity contribution in [3.63, 3.8) is 0 Å². The van der Waals surface area contributed by atoms with Crippen LogP contribution in [0.2, 0.25) is 0 Å². The van der Waals surface area contributed by atoms with Crippen LogP contribution in [0.25, 0.3) is 16.0 Å². The van der Waals surface area contributed by atoms with E-state index in [9.17, 15) is 4.79 Å². The fourth-order valence-corrected chi connectivity index (χ4v) is 3.36. The average molecular weight is 432 g/mol. The van der Waals surface area contributed by atoms with Crippen molar-refractivity contribution in [3.8, 4) is 21.9 Å². The third-order valence-electron chi connectivity index (χ3n) is 3.90. The molecular formula is C23H29NO5S. The van der Waals surface area contributed by atoms with E-state index in [4.69, 9.17) is 14.6 Å². The zero-order valence-corrected chi connectivity index (χ0v) is 19.1. The van der Waals surface area contributed by atoms with Gasteiger partial charge in [0, 0.05) is 31.6 Å². The van der Waals surface area contributed by atoms with Gasteiger partial charge in [-0.1, -0.05) is 38.2 Å². The van der Waals surface area contributed by atoms with Gasteiger partial charge in [-0.25, -0.2) is 4.79 Å². The number of hydrogen-bond acceptors (Lipinski definition) is 6. The van der Waals surface area contributed by atoms with Crippen LogP contribution in [0.15, 0.2) is 54.3 Å². The molecule has 1 N–H and O–H groups in total. The van der Waals surface area contributed by atoms with Crippen LogP contribution in [-0.4, -0.2) is 43.9 Å². The molecule has 0 amide bonds. The van der Waals surface area contributed by atoms with Crippen molar-refractivity contribution in [1.82, 2.24) is 4.37 Å². The third-order valence-corrected chi connectivity index (χ3v) is 4.75. The van der Waals surface area contributed by atoms with Crippen LogP contribution >= 0.6 is 11.5 Å². The number of aliphatic carboxylic acids is 1. The number of ether oxygens (including phenoxy) is 3. The molecule has 0 atom stereocenters. The monoisotopic (exact) mass is 431 g/mol. The summed E-state index contributed by atoms with van der Waals surface area (Å²) in [5.74, 6) is 0.420. The minimum Gasteiger partial charge on any atom is -0.493 e. The van der Waals surface area contributed by atoms with Crippen molar-refractivity contribution in [2.45, 2.75) is 20.3 Å². The Labute approximate surface area is 182 Å². The van der Waals surface area contributed by atoms with Gasteiger partial charge in [-0.3, -0.25) is 0 Å². The van der Waals surface area contributed by atoms with Gasteiger partial charge in [0.1, 0.15) is 0 Å². The highest BCUT2D eigenvalue weighted by Crippen LogP contribution is 2.38. The van der Waals surface area contributed by atoms with Crippen molar-refractivity contribution in [1.29, 1.82) is 0 Å². The van der Waals surface area contributed by atoms with Crippen LogP contribution in [0.4, 0.5) is 0 Å². The smallest absolute Gasteiger partial charge is 0.331 e. The summed E-state index contributed by atoms with van der Waals surface area (Å²) in [6.45, 7) is 4.00. The molecule has 30 heavy (non-hydrogen) atoms. The maximum Gasteiger partial charge on any atom is 0.331 e. The summed E-state index contributed by atoms with van der Waals surface area (Å²) in [7, 11) is 6.45. The molecule has 6 nitrogen and oxygen atoms in total. The molecule has 0 saturated carbocycles. The van der Waals surface area contributed by atoms with Gasteiger partial charge in [0.05, 0.1) is 19.1 Å². The van der Waals surface area contributed by atoms with Crippen LogP contribution in [0, 0.1) is 0 Å². The number of aromatic nitrogens is 1. The van der Waals surface area contributed by atoms with Crippen LogP contribution in [0.3, 0.4) is 0 Å². The van der Waals surface area contributed by atoms with E-state index < -0.39 is 5.97 Å². The molecule has 0 aliphatic heterocycles. The van der Waals surface area contributed by atoms with Crippen molar-refractivity contribution >= 4 is 23.1 Å². The molecule has 1 aromatic carbocycles. The van der Waals surface area contributed by atoms with E-state index in [1.807, 2.05) is 50.3 Å². The van der Waals surface area contributed by atoms with Gasteiger partial charge in [0.2, 0.25) is 0 Å². The Morgan fingerprint density at radius 2 is 1.73 bits per heavy atom. The van der Waals surface area contributed by atoms with Crippen LogP contribution < -0.4 is 9.47 Å². The molecule has 162 valence electrons. The standard InChI is InChI=1S/C19H17NO4S.C2H6O.C2H6/c1-23-16-9-8-14(10-17(16)24-2)18-15(11-20-25-18)12-4-3-5-13(7-6-12)19(21)22;1-3-2;1-2/h3-4,6-11H,5H2,1-2H3,(H,21,22);1-2H3;1-2H3. The van der Waals surface area contributed by atoms with Crippen LogP contribution in [0.5, 0.6) is 11.5 Å². The molecule has 2 aromatic rings. The fourth-order valence-electron chi connectivity index (χ4n) is 2.60. The summed E-state index contributed by atoms with van der Waals surface area (Å²) in [4.78, 5) is 12.1. The highest BCUT2D eigenvalue weighted by molar-refractivity contribution is 7.09. The zero-order chi connectivity index (χ0) is 22.5. The zero-order valence-electron chi connectivity index (χ0n) is 18.3.